The summed E-state index contributed by atoms with van der Waals surface area (Å²) in [5.74, 6) is 0.00884. The second-order valence-corrected chi connectivity index (χ2v) is 5.61. The first kappa shape index (κ1) is 10.9. The lowest BCUT2D eigenvalue weighted by molar-refractivity contribution is -0.121. The molecule has 0 aromatic carbocycles. The molecule has 5 heteroatoms. The third-order valence-electron chi connectivity index (χ3n) is 3.40. The molecule has 90 valence electrons. The van der Waals surface area contributed by atoms with Crippen molar-refractivity contribution < 1.29 is 4.79 Å². The number of rotatable bonds is 1. The van der Waals surface area contributed by atoms with Gasteiger partial charge in [0, 0.05) is 34.7 Å². The molecule has 17 heavy (non-hydrogen) atoms. The van der Waals surface area contributed by atoms with E-state index in [1.54, 1.807) is 11.3 Å². The molecule has 0 bridgehead atoms. The Balaban J connectivity index is 1.94. The van der Waals surface area contributed by atoms with Gasteiger partial charge < -0.3 is 5.73 Å². The number of nitrogens with zero attached hydrogens (tertiary/aromatic N) is 1. The SMILES string of the molecule is NC1CCc2scc(C3=NNC(=O)CC3)c2C1. The lowest BCUT2D eigenvalue weighted by atomic mass is 9.90. The number of hydrogen-bond acceptors (Lipinski definition) is 4. The van der Waals surface area contributed by atoms with Gasteiger partial charge in [0.15, 0.2) is 0 Å². The van der Waals surface area contributed by atoms with Gasteiger partial charge in [-0.15, -0.1) is 11.3 Å². The summed E-state index contributed by atoms with van der Waals surface area (Å²) in [6, 6.07) is 0.273. The van der Waals surface area contributed by atoms with Gasteiger partial charge in [-0.3, -0.25) is 4.79 Å². The number of aryl methyl sites for hydroxylation is 1. The predicted molar refractivity (Wildman–Crippen MR) is 68.2 cm³/mol. The Kier molecular flexibility index (Phi) is 2.72. The molecule has 1 aromatic rings. The number of thiophene rings is 1. The van der Waals surface area contributed by atoms with E-state index in [0.717, 1.165) is 31.4 Å². The highest BCUT2D eigenvalue weighted by atomic mass is 32.1. The molecule has 1 aromatic heterocycles. The molecule has 1 aliphatic carbocycles. The summed E-state index contributed by atoms with van der Waals surface area (Å²) in [5, 5.41) is 6.33. The van der Waals surface area contributed by atoms with E-state index < -0.39 is 0 Å². The van der Waals surface area contributed by atoms with Crippen molar-refractivity contribution in [2.24, 2.45) is 10.8 Å². The average Bonchev–Trinajstić information content (AvgIpc) is 2.73. The van der Waals surface area contributed by atoms with E-state index in [1.165, 1.54) is 16.0 Å². The average molecular weight is 249 g/mol. The third-order valence-corrected chi connectivity index (χ3v) is 4.49. The van der Waals surface area contributed by atoms with E-state index in [4.69, 9.17) is 5.73 Å². The zero-order chi connectivity index (χ0) is 11.8. The Morgan fingerprint density at radius 2 is 2.29 bits per heavy atom. The van der Waals surface area contributed by atoms with Gasteiger partial charge in [0.25, 0.3) is 0 Å². The van der Waals surface area contributed by atoms with Crippen molar-refractivity contribution in [1.29, 1.82) is 0 Å². The minimum atomic E-state index is 0.00884. The fourth-order valence-corrected chi connectivity index (χ4v) is 3.56. The number of hydrazone groups is 1. The van der Waals surface area contributed by atoms with E-state index in [9.17, 15) is 4.79 Å². The first-order chi connectivity index (χ1) is 8.24. The van der Waals surface area contributed by atoms with E-state index in [2.05, 4.69) is 15.9 Å². The molecule has 4 nitrogen and oxygen atoms in total. The largest absolute Gasteiger partial charge is 0.327 e. The summed E-state index contributed by atoms with van der Waals surface area (Å²) in [7, 11) is 0. The van der Waals surface area contributed by atoms with Crippen LogP contribution >= 0.6 is 11.3 Å². The van der Waals surface area contributed by atoms with Crippen LogP contribution in [0.1, 0.15) is 35.3 Å². The molecule has 3 rings (SSSR count). The lowest BCUT2D eigenvalue weighted by Crippen LogP contribution is -2.29. The summed E-state index contributed by atoms with van der Waals surface area (Å²) in [5.41, 5.74) is 12.2. The molecule has 2 aliphatic rings. The maximum absolute atomic E-state index is 11.1. The summed E-state index contributed by atoms with van der Waals surface area (Å²) < 4.78 is 0. The van der Waals surface area contributed by atoms with Gasteiger partial charge in [-0.25, -0.2) is 5.43 Å². The highest BCUT2D eigenvalue weighted by molar-refractivity contribution is 7.10. The van der Waals surface area contributed by atoms with Crippen LogP contribution in [0.25, 0.3) is 0 Å². The molecule has 0 spiro atoms. The molecule has 0 radical (unpaired) electrons. The van der Waals surface area contributed by atoms with Gasteiger partial charge in [0.2, 0.25) is 5.91 Å². The van der Waals surface area contributed by atoms with E-state index >= 15 is 0 Å². The van der Waals surface area contributed by atoms with Crippen LogP contribution in [0.2, 0.25) is 0 Å². The molecule has 2 heterocycles. The van der Waals surface area contributed by atoms with Crippen molar-refractivity contribution in [3.05, 3.63) is 21.4 Å². The topological polar surface area (TPSA) is 67.5 Å². The number of nitrogens with one attached hydrogen (secondary N) is 1. The minimum absolute atomic E-state index is 0.00884. The van der Waals surface area contributed by atoms with E-state index in [1.807, 2.05) is 0 Å². The molecule has 1 unspecified atom stereocenters. The fraction of sp³-hybridized carbons (Fsp3) is 0.500. The molecule has 1 aliphatic heterocycles. The summed E-state index contributed by atoms with van der Waals surface area (Å²) >= 11 is 1.80. The van der Waals surface area contributed by atoms with Crippen LogP contribution in [0.15, 0.2) is 10.5 Å². The molecule has 0 saturated heterocycles. The van der Waals surface area contributed by atoms with Crippen LogP contribution in [0.4, 0.5) is 0 Å². The Hall–Kier alpha value is -1.20. The maximum atomic E-state index is 11.1. The van der Waals surface area contributed by atoms with Gasteiger partial charge in [0.05, 0.1) is 5.71 Å². The standard InChI is InChI=1S/C12H15N3OS/c13-7-1-3-11-8(5-7)9(6-17-11)10-2-4-12(16)15-14-10/h6-7H,1-5,13H2,(H,15,16). The van der Waals surface area contributed by atoms with Crippen molar-refractivity contribution in [2.75, 3.05) is 0 Å². The van der Waals surface area contributed by atoms with Crippen molar-refractivity contribution >= 4 is 23.0 Å². The zero-order valence-corrected chi connectivity index (χ0v) is 10.3. The minimum Gasteiger partial charge on any atom is -0.327 e. The normalized spacial score (nSPS) is 23.9. The van der Waals surface area contributed by atoms with Crippen LogP contribution in [0.5, 0.6) is 0 Å². The van der Waals surface area contributed by atoms with Crippen molar-refractivity contribution in [1.82, 2.24) is 5.43 Å². The van der Waals surface area contributed by atoms with Crippen molar-refractivity contribution in [2.45, 2.75) is 38.1 Å². The van der Waals surface area contributed by atoms with E-state index in [0.29, 0.717) is 6.42 Å². The predicted octanol–water partition coefficient (Wildman–Crippen LogP) is 1.18. The molecule has 0 saturated carbocycles. The molecule has 1 atom stereocenters. The van der Waals surface area contributed by atoms with Crippen LogP contribution in [0.3, 0.4) is 0 Å². The Morgan fingerprint density at radius 1 is 1.41 bits per heavy atom. The quantitative estimate of drug-likeness (QED) is 0.784. The molecule has 3 N–H and O–H groups in total. The molecular formula is C12H15N3OS. The first-order valence-corrected chi connectivity index (χ1v) is 6.82. The number of amides is 1. The second kappa shape index (κ2) is 4.23. The van der Waals surface area contributed by atoms with Gasteiger partial charge >= 0.3 is 0 Å². The van der Waals surface area contributed by atoms with Crippen molar-refractivity contribution in [3.8, 4) is 0 Å². The fourth-order valence-electron chi connectivity index (χ4n) is 2.45. The maximum Gasteiger partial charge on any atom is 0.240 e. The Labute approximate surface area is 104 Å². The first-order valence-electron chi connectivity index (χ1n) is 5.94. The molecular weight excluding hydrogens is 234 g/mol. The summed E-state index contributed by atoms with van der Waals surface area (Å²) in [6.07, 6.45) is 4.39. The van der Waals surface area contributed by atoms with Gasteiger partial charge in [-0.2, -0.15) is 5.10 Å². The number of hydrogen-bond donors (Lipinski definition) is 2. The Morgan fingerprint density at radius 3 is 3.06 bits per heavy atom. The van der Waals surface area contributed by atoms with Crippen LogP contribution in [-0.2, 0) is 17.6 Å². The van der Waals surface area contributed by atoms with Gasteiger partial charge in [0.1, 0.15) is 0 Å². The van der Waals surface area contributed by atoms with Crippen LogP contribution < -0.4 is 11.2 Å². The third kappa shape index (κ3) is 2.00. The Bertz CT molecular complexity index is 492. The smallest absolute Gasteiger partial charge is 0.240 e. The van der Waals surface area contributed by atoms with Gasteiger partial charge in [-0.1, -0.05) is 0 Å². The van der Waals surface area contributed by atoms with E-state index in [-0.39, 0.29) is 11.9 Å². The van der Waals surface area contributed by atoms with Crippen LogP contribution in [0, 0.1) is 0 Å². The highest BCUT2D eigenvalue weighted by Gasteiger charge is 2.24. The van der Waals surface area contributed by atoms with Gasteiger partial charge in [-0.05, 0) is 24.8 Å². The second-order valence-electron chi connectivity index (χ2n) is 4.65. The number of carbonyl (C=O) groups is 1. The monoisotopic (exact) mass is 249 g/mol. The highest BCUT2D eigenvalue weighted by Crippen LogP contribution is 2.31. The number of fused-ring (bicyclic) bond motifs is 1. The summed E-state index contributed by atoms with van der Waals surface area (Å²) in [4.78, 5) is 12.5. The van der Waals surface area contributed by atoms with Crippen LogP contribution in [-0.4, -0.2) is 17.7 Å². The summed E-state index contributed by atoms with van der Waals surface area (Å²) in [6.45, 7) is 0. The molecule has 0 fully saturated rings. The number of nitrogens with two attached hydrogens (primary N) is 1. The zero-order valence-electron chi connectivity index (χ0n) is 9.53. The lowest BCUT2D eigenvalue weighted by Gasteiger charge is -2.20. The van der Waals surface area contributed by atoms with Crippen molar-refractivity contribution in [3.63, 3.8) is 0 Å². The molecule has 1 amide bonds. The number of carbonyl (C=O) groups excluding carboxylic acids is 1.